The number of aliphatic hydroxyl groups excluding tert-OH is 1. The molecule has 0 aromatic heterocycles. The number of hydrogen-bond donors (Lipinski definition) is 1. The minimum absolute atomic E-state index is 0.0826. The molecule has 0 saturated heterocycles. The summed E-state index contributed by atoms with van der Waals surface area (Å²) in [5.41, 5.74) is 1.19. The van der Waals surface area contributed by atoms with Crippen LogP contribution in [0.3, 0.4) is 0 Å². The van der Waals surface area contributed by atoms with E-state index < -0.39 is 0 Å². The topological polar surface area (TPSA) is 38.7 Å². The van der Waals surface area contributed by atoms with Gasteiger partial charge in [0, 0.05) is 6.61 Å². The molecule has 1 aromatic carbocycles. The zero-order chi connectivity index (χ0) is 11.6. The first-order valence-electron chi connectivity index (χ1n) is 5.67. The van der Waals surface area contributed by atoms with Crippen molar-refractivity contribution in [2.75, 3.05) is 19.8 Å². The Balaban J connectivity index is 2.08. The Bertz CT molecular complexity index is 261. The fourth-order valence-corrected chi connectivity index (χ4v) is 1.31. The molecule has 3 nitrogen and oxygen atoms in total. The van der Waals surface area contributed by atoms with E-state index in [1.807, 2.05) is 25.1 Å². The molecule has 1 unspecified atom stereocenters. The Kier molecular flexibility index (Phi) is 6.81. The van der Waals surface area contributed by atoms with E-state index in [1.54, 1.807) is 0 Å². The summed E-state index contributed by atoms with van der Waals surface area (Å²) in [6, 6.07) is 10.1. The van der Waals surface area contributed by atoms with Crippen LogP contribution in [0.2, 0.25) is 0 Å². The Morgan fingerprint density at radius 2 is 1.94 bits per heavy atom. The summed E-state index contributed by atoms with van der Waals surface area (Å²) in [4.78, 5) is 0. The lowest BCUT2D eigenvalue weighted by Crippen LogP contribution is -2.12. The van der Waals surface area contributed by atoms with Gasteiger partial charge in [0.15, 0.2) is 0 Å². The molecular formula is C13H20O3. The maximum absolute atomic E-state index is 8.53. The molecule has 16 heavy (non-hydrogen) atoms. The number of aliphatic hydroxyl groups is 1. The van der Waals surface area contributed by atoms with Crippen LogP contribution in [0.15, 0.2) is 30.3 Å². The molecule has 0 heterocycles. The third-order valence-electron chi connectivity index (χ3n) is 2.28. The van der Waals surface area contributed by atoms with Crippen molar-refractivity contribution in [3.8, 4) is 0 Å². The minimum atomic E-state index is 0.0826. The summed E-state index contributed by atoms with van der Waals surface area (Å²) in [6.07, 6.45) is 1.03. The summed E-state index contributed by atoms with van der Waals surface area (Å²) >= 11 is 0. The van der Waals surface area contributed by atoms with E-state index in [9.17, 15) is 0 Å². The molecule has 90 valence electrons. The van der Waals surface area contributed by atoms with E-state index in [4.69, 9.17) is 14.6 Å². The first-order chi connectivity index (χ1) is 7.83. The highest BCUT2D eigenvalue weighted by Gasteiger charge is 2.02. The van der Waals surface area contributed by atoms with Gasteiger partial charge < -0.3 is 14.6 Å². The van der Waals surface area contributed by atoms with Crippen LogP contribution < -0.4 is 0 Å². The second kappa shape index (κ2) is 8.28. The van der Waals surface area contributed by atoms with Crippen LogP contribution in [0.5, 0.6) is 0 Å². The SMILES string of the molecule is CC(CCOCCO)OCc1ccccc1. The van der Waals surface area contributed by atoms with Gasteiger partial charge in [-0.1, -0.05) is 30.3 Å². The molecule has 0 fully saturated rings. The molecule has 0 aliphatic carbocycles. The lowest BCUT2D eigenvalue weighted by atomic mass is 10.2. The zero-order valence-electron chi connectivity index (χ0n) is 9.76. The largest absolute Gasteiger partial charge is 0.394 e. The van der Waals surface area contributed by atoms with Gasteiger partial charge in [-0.3, -0.25) is 0 Å². The molecule has 1 atom stereocenters. The fraction of sp³-hybridized carbons (Fsp3) is 0.538. The maximum Gasteiger partial charge on any atom is 0.0720 e. The van der Waals surface area contributed by atoms with Crippen molar-refractivity contribution in [1.82, 2.24) is 0 Å². The number of rotatable bonds is 8. The lowest BCUT2D eigenvalue weighted by Gasteiger charge is -2.13. The van der Waals surface area contributed by atoms with Gasteiger partial charge in [-0.05, 0) is 18.9 Å². The molecule has 0 radical (unpaired) electrons. The van der Waals surface area contributed by atoms with Crippen molar-refractivity contribution >= 4 is 0 Å². The molecule has 1 rings (SSSR count). The van der Waals surface area contributed by atoms with Gasteiger partial charge in [-0.25, -0.2) is 0 Å². The molecule has 0 aliphatic heterocycles. The highest BCUT2D eigenvalue weighted by atomic mass is 16.5. The van der Waals surface area contributed by atoms with Crippen LogP contribution in [-0.2, 0) is 16.1 Å². The minimum Gasteiger partial charge on any atom is -0.394 e. The first-order valence-corrected chi connectivity index (χ1v) is 5.67. The Hall–Kier alpha value is -0.900. The van der Waals surface area contributed by atoms with E-state index in [0.29, 0.717) is 19.8 Å². The van der Waals surface area contributed by atoms with Crippen molar-refractivity contribution < 1.29 is 14.6 Å². The Morgan fingerprint density at radius 1 is 1.19 bits per heavy atom. The number of hydrogen-bond acceptors (Lipinski definition) is 3. The normalized spacial score (nSPS) is 12.6. The van der Waals surface area contributed by atoms with Crippen LogP contribution in [0.25, 0.3) is 0 Å². The average molecular weight is 224 g/mol. The Labute approximate surface area is 97.0 Å². The molecule has 0 spiro atoms. The van der Waals surface area contributed by atoms with Gasteiger partial charge in [0.05, 0.1) is 25.9 Å². The summed E-state index contributed by atoms with van der Waals surface area (Å²) < 4.78 is 10.8. The van der Waals surface area contributed by atoms with E-state index >= 15 is 0 Å². The van der Waals surface area contributed by atoms with E-state index in [1.165, 1.54) is 5.56 Å². The van der Waals surface area contributed by atoms with E-state index in [0.717, 1.165) is 6.42 Å². The van der Waals surface area contributed by atoms with Gasteiger partial charge in [0.25, 0.3) is 0 Å². The quantitative estimate of drug-likeness (QED) is 0.686. The van der Waals surface area contributed by atoms with Crippen molar-refractivity contribution in [2.45, 2.75) is 26.1 Å². The van der Waals surface area contributed by atoms with Gasteiger partial charge in [-0.15, -0.1) is 0 Å². The maximum atomic E-state index is 8.53. The third kappa shape index (κ3) is 5.85. The highest BCUT2D eigenvalue weighted by Crippen LogP contribution is 2.05. The number of ether oxygens (including phenoxy) is 2. The van der Waals surface area contributed by atoms with Crippen LogP contribution in [0.4, 0.5) is 0 Å². The predicted molar refractivity (Wildman–Crippen MR) is 63.2 cm³/mol. The molecule has 0 saturated carbocycles. The average Bonchev–Trinajstić information content (AvgIpc) is 2.33. The predicted octanol–water partition coefficient (Wildman–Crippen LogP) is 1.99. The van der Waals surface area contributed by atoms with Crippen molar-refractivity contribution in [1.29, 1.82) is 0 Å². The monoisotopic (exact) mass is 224 g/mol. The molecular weight excluding hydrogens is 204 g/mol. The molecule has 1 aromatic rings. The molecule has 1 N–H and O–H groups in total. The van der Waals surface area contributed by atoms with Crippen LogP contribution >= 0.6 is 0 Å². The van der Waals surface area contributed by atoms with Crippen LogP contribution in [-0.4, -0.2) is 31.0 Å². The molecule has 0 bridgehead atoms. The summed E-state index contributed by atoms with van der Waals surface area (Å²) in [5, 5.41) is 8.53. The van der Waals surface area contributed by atoms with E-state index in [-0.39, 0.29) is 12.7 Å². The van der Waals surface area contributed by atoms with Crippen LogP contribution in [0, 0.1) is 0 Å². The van der Waals surface area contributed by atoms with Gasteiger partial charge in [-0.2, -0.15) is 0 Å². The lowest BCUT2D eigenvalue weighted by molar-refractivity contribution is 0.0161. The number of benzene rings is 1. The van der Waals surface area contributed by atoms with Gasteiger partial charge in [0.1, 0.15) is 0 Å². The summed E-state index contributed by atoms with van der Waals surface area (Å²) in [7, 11) is 0. The molecule has 0 amide bonds. The second-order valence-corrected chi connectivity index (χ2v) is 3.73. The summed E-state index contributed by atoms with van der Waals surface area (Å²) in [5.74, 6) is 0. The van der Waals surface area contributed by atoms with Crippen molar-refractivity contribution in [3.63, 3.8) is 0 Å². The summed E-state index contributed by atoms with van der Waals surface area (Å²) in [6.45, 7) is 3.80. The second-order valence-electron chi connectivity index (χ2n) is 3.73. The first kappa shape index (κ1) is 13.2. The van der Waals surface area contributed by atoms with Crippen molar-refractivity contribution in [3.05, 3.63) is 35.9 Å². The van der Waals surface area contributed by atoms with Gasteiger partial charge in [0.2, 0.25) is 0 Å². The standard InChI is InChI=1S/C13H20O3/c1-12(7-9-15-10-8-14)16-11-13-5-3-2-4-6-13/h2-6,12,14H,7-11H2,1H3. The fourth-order valence-electron chi connectivity index (χ4n) is 1.31. The van der Waals surface area contributed by atoms with E-state index in [2.05, 4.69) is 12.1 Å². The zero-order valence-corrected chi connectivity index (χ0v) is 9.76. The molecule has 0 aliphatic rings. The smallest absolute Gasteiger partial charge is 0.0720 e. The molecule has 3 heteroatoms. The van der Waals surface area contributed by atoms with Gasteiger partial charge >= 0.3 is 0 Å². The van der Waals surface area contributed by atoms with Crippen LogP contribution in [0.1, 0.15) is 18.9 Å². The Morgan fingerprint density at radius 3 is 2.62 bits per heavy atom. The third-order valence-corrected chi connectivity index (χ3v) is 2.28. The highest BCUT2D eigenvalue weighted by molar-refractivity contribution is 5.13. The van der Waals surface area contributed by atoms with Crippen molar-refractivity contribution in [2.24, 2.45) is 0 Å².